The zero-order chi connectivity index (χ0) is 21.0. The van der Waals surface area contributed by atoms with Crippen molar-refractivity contribution in [1.29, 1.82) is 0 Å². The molecule has 29 heavy (non-hydrogen) atoms. The van der Waals surface area contributed by atoms with E-state index in [2.05, 4.69) is 20.0 Å². The van der Waals surface area contributed by atoms with Gasteiger partial charge in [-0.05, 0) is 31.4 Å². The minimum Gasteiger partial charge on any atom is -0.453 e. The quantitative estimate of drug-likeness (QED) is 0.684. The van der Waals surface area contributed by atoms with Crippen molar-refractivity contribution < 1.29 is 14.3 Å². The lowest BCUT2D eigenvalue weighted by Gasteiger charge is -2.32. The van der Waals surface area contributed by atoms with Crippen molar-refractivity contribution in [2.75, 3.05) is 44.8 Å². The van der Waals surface area contributed by atoms with E-state index in [4.69, 9.17) is 21.1 Å². The Morgan fingerprint density at radius 3 is 2.62 bits per heavy atom. The van der Waals surface area contributed by atoms with Gasteiger partial charge in [0.2, 0.25) is 5.28 Å². The van der Waals surface area contributed by atoms with E-state index in [1.807, 2.05) is 31.6 Å². The molecule has 1 amide bonds. The molecule has 0 N–H and O–H groups in total. The summed E-state index contributed by atoms with van der Waals surface area (Å²) in [4.78, 5) is 24.5. The fourth-order valence-corrected chi connectivity index (χ4v) is 3.99. The molecule has 2 saturated heterocycles. The Hall–Kier alpha value is -2.13. The Balaban J connectivity index is 0.00000117. The number of carbonyl (C=O) groups is 1. The number of morpholine rings is 1. The Kier molecular flexibility index (Phi) is 7.13. The molecule has 0 aliphatic carbocycles. The molecule has 0 bridgehead atoms. The number of rotatable bonds is 2. The molecule has 4 heterocycles. The number of aromatic nitrogens is 4. The lowest BCUT2D eigenvalue weighted by molar-refractivity contribution is 0.0530. The van der Waals surface area contributed by atoms with Gasteiger partial charge in [-0.15, -0.1) is 0 Å². The van der Waals surface area contributed by atoms with Crippen LogP contribution in [0, 0.1) is 0 Å². The average molecular weight is 425 g/mol. The maximum absolute atomic E-state index is 11.7. The van der Waals surface area contributed by atoms with Crippen molar-refractivity contribution in [3.05, 3.63) is 11.5 Å². The number of likely N-dealkylation sites (tertiary alicyclic amines) is 1. The Bertz CT molecular complexity index is 837. The molecule has 0 aromatic carbocycles. The highest BCUT2D eigenvalue weighted by Gasteiger charge is 2.28. The number of hydrogen-bond donors (Lipinski definition) is 0. The molecule has 2 aromatic rings. The van der Waals surface area contributed by atoms with Gasteiger partial charge in [-0.3, -0.25) is 0 Å². The second-order valence-electron chi connectivity index (χ2n) is 6.96. The van der Waals surface area contributed by atoms with Crippen LogP contribution in [-0.4, -0.2) is 76.7 Å². The van der Waals surface area contributed by atoms with E-state index in [0.717, 1.165) is 42.8 Å². The molecule has 2 aliphatic rings. The second-order valence-corrected chi connectivity index (χ2v) is 7.30. The van der Waals surface area contributed by atoms with Gasteiger partial charge >= 0.3 is 6.09 Å². The number of piperidine rings is 1. The van der Waals surface area contributed by atoms with Crippen molar-refractivity contribution in [1.82, 2.24) is 24.6 Å². The number of fused-ring (bicyclic) bond motifs is 1. The normalized spacial score (nSPS) is 20.4. The summed E-state index contributed by atoms with van der Waals surface area (Å²) in [6, 6.07) is 0.158. The molecule has 1 atom stereocenters. The number of carbonyl (C=O) groups excluding carboxylic acids is 1. The van der Waals surface area contributed by atoms with Crippen LogP contribution in [0.25, 0.3) is 11.0 Å². The van der Waals surface area contributed by atoms with E-state index >= 15 is 0 Å². The topological polar surface area (TPSA) is 85.6 Å². The van der Waals surface area contributed by atoms with Crippen molar-refractivity contribution in [2.45, 2.75) is 45.8 Å². The van der Waals surface area contributed by atoms with Gasteiger partial charge in [-0.1, -0.05) is 13.8 Å². The molecule has 160 valence electrons. The van der Waals surface area contributed by atoms with Crippen molar-refractivity contribution in [3.8, 4) is 0 Å². The Morgan fingerprint density at radius 1 is 1.24 bits per heavy atom. The summed E-state index contributed by atoms with van der Waals surface area (Å²) in [5, 5.41) is 5.69. The van der Waals surface area contributed by atoms with Crippen LogP contribution in [0.1, 0.15) is 39.7 Å². The minimum absolute atomic E-state index is 0.139. The molecule has 1 unspecified atom stereocenters. The molecular weight excluding hydrogens is 396 g/mol. The number of amides is 1. The summed E-state index contributed by atoms with van der Waals surface area (Å²) in [5.41, 5.74) is 0.737. The number of methoxy groups -OCH3 is 1. The second kappa shape index (κ2) is 9.58. The number of hydrogen-bond acceptors (Lipinski definition) is 7. The smallest absolute Gasteiger partial charge is 0.409 e. The predicted octanol–water partition coefficient (Wildman–Crippen LogP) is 3.13. The van der Waals surface area contributed by atoms with Gasteiger partial charge < -0.3 is 19.3 Å². The Labute approximate surface area is 175 Å². The number of nitrogens with zero attached hydrogens (tertiary/aromatic N) is 6. The van der Waals surface area contributed by atoms with Crippen LogP contribution in [0.2, 0.25) is 5.28 Å². The standard InChI is InChI=1S/C17H23ClN6O3.C2H6/c1-11-10-23(7-8-27-11)14-13-9-19-24(15(13)21-16(18)20-14)12-3-5-22(6-4-12)17(25)26-2;1-2/h9,11-12H,3-8,10H2,1-2H3;1-2H3. The highest BCUT2D eigenvalue weighted by molar-refractivity contribution is 6.28. The first-order valence-electron chi connectivity index (χ1n) is 10.2. The summed E-state index contributed by atoms with van der Waals surface area (Å²) in [6.45, 7) is 9.48. The van der Waals surface area contributed by atoms with E-state index in [1.165, 1.54) is 7.11 Å². The maximum Gasteiger partial charge on any atom is 0.409 e. The maximum atomic E-state index is 11.7. The SMILES string of the molecule is CC.COC(=O)N1CCC(n2ncc3c(N4CCOC(C)C4)nc(Cl)nc32)CC1. The van der Waals surface area contributed by atoms with Gasteiger partial charge in [-0.25, -0.2) is 9.48 Å². The van der Waals surface area contributed by atoms with Crippen LogP contribution < -0.4 is 4.90 Å². The van der Waals surface area contributed by atoms with E-state index in [0.29, 0.717) is 19.7 Å². The summed E-state index contributed by atoms with van der Waals surface area (Å²) in [7, 11) is 1.41. The van der Waals surface area contributed by atoms with Crippen LogP contribution in [-0.2, 0) is 9.47 Å². The Morgan fingerprint density at radius 2 is 1.97 bits per heavy atom. The van der Waals surface area contributed by atoms with Crippen LogP contribution in [0.3, 0.4) is 0 Å². The fraction of sp³-hybridized carbons (Fsp3) is 0.684. The van der Waals surface area contributed by atoms with Gasteiger partial charge in [-0.2, -0.15) is 15.1 Å². The van der Waals surface area contributed by atoms with Gasteiger partial charge in [0, 0.05) is 26.2 Å². The van der Waals surface area contributed by atoms with Crippen LogP contribution in [0.5, 0.6) is 0 Å². The van der Waals surface area contributed by atoms with Gasteiger partial charge in [0.1, 0.15) is 5.82 Å². The molecule has 2 aromatic heterocycles. The molecular formula is C19H29ClN6O3. The molecule has 2 fully saturated rings. The third kappa shape index (κ3) is 4.56. The van der Waals surface area contributed by atoms with E-state index in [1.54, 1.807) is 4.90 Å². The lowest BCUT2D eigenvalue weighted by Crippen LogP contribution is -2.41. The van der Waals surface area contributed by atoms with Crippen molar-refractivity contribution in [3.63, 3.8) is 0 Å². The van der Waals surface area contributed by atoms with Gasteiger partial charge in [0.15, 0.2) is 5.65 Å². The monoisotopic (exact) mass is 424 g/mol. The van der Waals surface area contributed by atoms with Crippen LogP contribution in [0.15, 0.2) is 6.20 Å². The first-order chi connectivity index (χ1) is 14.1. The number of anilines is 1. The molecule has 9 nitrogen and oxygen atoms in total. The number of ether oxygens (including phenoxy) is 2. The summed E-state index contributed by atoms with van der Waals surface area (Å²) in [5.74, 6) is 0.804. The predicted molar refractivity (Wildman–Crippen MR) is 112 cm³/mol. The average Bonchev–Trinajstić information content (AvgIpc) is 3.18. The first-order valence-corrected chi connectivity index (χ1v) is 10.5. The molecule has 4 rings (SSSR count). The van der Waals surface area contributed by atoms with Gasteiger partial charge in [0.25, 0.3) is 0 Å². The molecule has 2 aliphatic heterocycles. The van der Waals surface area contributed by atoms with Crippen molar-refractivity contribution in [2.24, 2.45) is 0 Å². The minimum atomic E-state index is -0.284. The highest BCUT2D eigenvalue weighted by Crippen LogP contribution is 2.31. The molecule has 0 radical (unpaired) electrons. The molecule has 0 spiro atoms. The fourth-order valence-electron chi connectivity index (χ4n) is 3.83. The molecule has 10 heteroatoms. The van der Waals surface area contributed by atoms with E-state index in [-0.39, 0.29) is 23.5 Å². The number of halogens is 1. The lowest BCUT2D eigenvalue weighted by atomic mass is 10.1. The zero-order valence-corrected chi connectivity index (χ0v) is 18.2. The third-order valence-electron chi connectivity index (χ3n) is 5.19. The largest absolute Gasteiger partial charge is 0.453 e. The highest BCUT2D eigenvalue weighted by atomic mass is 35.5. The summed E-state index contributed by atoms with van der Waals surface area (Å²) < 4.78 is 12.4. The van der Waals surface area contributed by atoms with E-state index in [9.17, 15) is 4.79 Å². The zero-order valence-electron chi connectivity index (χ0n) is 17.5. The summed E-state index contributed by atoms with van der Waals surface area (Å²) >= 11 is 6.24. The first kappa shape index (κ1) is 21.6. The third-order valence-corrected chi connectivity index (χ3v) is 5.36. The van der Waals surface area contributed by atoms with E-state index < -0.39 is 0 Å². The van der Waals surface area contributed by atoms with Crippen LogP contribution >= 0.6 is 11.6 Å². The van der Waals surface area contributed by atoms with Crippen molar-refractivity contribution >= 4 is 34.5 Å². The van der Waals surface area contributed by atoms with Gasteiger partial charge in [0.05, 0.1) is 37.4 Å². The van der Waals surface area contributed by atoms with Crippen LogP contribution in [0.4, 0.5) is 10.6 Å². The summed E-state index contributed by atoms with van der Waals surface area (Å²) in [6.07, 6.45) is 3.25. The molecule has 0 saturated carbocycles.